The molecule has 1 atom stereocenters. The molecule has 1 unspecified atom stereocenters. The molecule has 0 spiro atoms. The summed E-state index contributed by atoms with van der Waals surface area (Å²) >= 11 is 0. The third kappa shape index (κ3) is 4.34. The summed E-state index contributed by atoms with van der Waals surface area (Å²) in [5.74, 6) is -1.44. The summed E-state index contributed by atoms with van der Waals surface area (Å²) in [5.41, 5.74) is 2.76. The van der Waals surface area contributed by atoms with E-state index < -0.39 is 23.5 Å². The lowest BCUT2D eigenvalue weighted by Crippen LogP contribution is -2.40. The van der Waals surface area contributed by atoms with Crippen LogP contribution in [0.3, 0.4) is 0 Å². The molecule has 0 fully saturated rings. The number of amides is 1. The Hall–Kier alpha value is -3.09. The first-order valence-corrected chi connectivity index (χ1v) is 9.78. The van der Waals surface area contributed by atoms with E-state index in [1.165, 1.54) is 0 Å². The molecule has 0 saturated carbocycles. The maximum atomic E-state index is 12.5. The van der Waals surface area contributed by atoms with Crippen molar-refractivity contribution in [2.24, 2.45) is 0 Å². The molecule has 0 aliphatic heterocycles. The number of carboxylic acids is 1. The molecule has 1 amide bonds. The smallest absolute Gasteiger partial charge is 0.339 e. The number of unbranched alkanes of at least 4 members (excludes halogenated alkanes) is 1. The molecule has 0 saturated heterocycles. The normalized spacial score (nSPS) is 12.4. The number of rotatable bonds is 8. The monoisotopic (exact) mass is 399 g/mol. The zero-order valence-electron chi connectivity index (χ0n) is 16.8. The fourth-order valence-electron chi connectivity index (χ4n) is 3.50. The molecule has 7 heteroatoms. The first kappa shape index (κ1) is 20.6. The van der Waals surface area contributed by atoms with Gasteiger partial charge in [0.05, 0.1) is 6.26 Å². The second-order valence-corrected chi connectivity index (χ2v) is 7.36. The van der Waals surface area contributed by atoms with Crippen molar-refractivity contribution in [2.75, 3.05) is 0 Å². The fraction of sp³-hybridized carbons (Fsp3) is 0.409. The topological polar surface area (TPSA) is 110 Å². The molecule has 2 heterocycles. The first-order valence-electron chi connectivity index (χ1n) is 9.78. The predicted octanol–water partition coefficient (Wildman–Crippen LogP) is 3.85. The Morgan fingerprint density at radius 3 is 2.62 bits per heavy atom. The molecule has 2 aromatic heterocycles. The molecular weight excluding hydrogens is 374 g/mol. The molecule has 7 nitrogen and oxygen atoms in total. The number of aryl methyl sites for hydroxylation is 2. The van der Waals surface area contributed by atoms with Crippen LogP contribution >= 0.6 is 0 Å². The van der Waals surface area contributed by atoms with Gasteiger partial charge in [0.15, 0.2) is 0 Å². The summed E-state index contributed by atoms with van der Waals surface area (Å²) in [6, 6.07) is 2.72. The number of benzene rings is 1. The summed E-state index contributed by atoms with van der Waals surface area (Å²) in [6.45, 7) is 5.73. The van der Waals surface area contributed by atoms with Crippen molar-refractivity contribution in [3.8, 4) is 0 Å². The molecule has 29 heavy (non-hydrogen) atoms. The van der Waals surface area contributed by atoms with Crippen LogP contribution in [-0.4, -0.2) is 23.0 Å². The van der Waals surface area contributed by atoms with Gasteiger partial charge >= 0.3 is 11.6 Å². The van der Waals surface area contributed by atoms with Crippen LogP contribution in [0.5, 0.6) is 0 Å². The van der Waals surface area contributed by atoms with Crippen LogP contribution < -0.4 is 10.9 Å². The number of fused-ring (bicyclic) bond motifs is 2. The van der Waals surface area contributed by atoms with Crippen molar-refractivity contribution in [1.82, 2.24) is 5.32 Å². The summed E-state index contributed by atoms with van der Waals surface area (Å²) in [7, 11) is 0. The molecule has 2 N–H and O–H groups in total. The SMILES string of the molecule is CCCCC(NC(=O)CCc1c(C)c2cc3c(C)coc3cc2oc1=O)C(=O)O. The van der Waals surface area contributed by atoms with Gasteiger partial charge in [-0.05, 0) is 43.9 Å². The Morgan fingerprint density at radius 2 is 1.93 bits per heavy atom. The number of hydrogen-bond acceptors (Lipinski definition) is 5. The maximum Gasteiger partial charge on any atom is 0.339 e. The quantitative estimate of drug-likeness (QED) is 0.557. The highest BCUT2D eigenvalue weighted by Gasteiger charge is 2.20. The van der Waals surface area contributed by atoms with Gasteiger partial charge in [-0.3, -0.25) is 4.79 Å². The van der Waals surface area contributed by atoms with Gasteiger partial charge in [-0.2, -0.15) is 0 Å². The lowest BCUT2D eigenvalue weighted by atomic mass is 10.0. The molecule has 0 bridgehead atoms. The van der Waals surface area contributed by atoms with Gasteiger partial charge < -0.3 is 19.3 Å². The molecule has 0 aliphatic rings. The van der Waals surface area contributed by atoms with Crippen molar-refractivity contribution in [1.29, 1.82) is 0 Å². The van der Waals surface area contributed by atoms with Gasteiger partial charge in [-0.25, -0.2) is 9.59 Å². The van der Waals surface area contributed by atoms with E-state index >= 15 is 0 Å². The van der Waals surface area contributed by atoms with E-state index in [9.17, 15) is 19.5 Å². The van der Waals surface area contributed by atoms with E-state index in [4.69, 9.17) is 8.83 Å². The minimum Gasteiger partial charge on any atom is -0.480 e. The van der Waals surface area contributed by atoms with E-state index in [0.717, 1.165) is 28.3 Å². The largest absolute Gasteiger partial charge is 0.480 e. The Balaban J connectivity index is 1.81. The van der Waals surface area contributed by atoms with E-state index in [0.29, 0.717) is 29.6 Å². The molecule has 0 aliphatic carbocycles. The van der Waals surface area contributed by atoms with Gasteiger partial charge in [-0.15, -0.1) is 0 Å². The Bertz CT molecular complexity index is 1120. The van der Waals surface area contributed by atoms with E-state index in [-0.39, 0.29) is 12.8 Å². The lowest BCUT2D eigenvalue weighted by molar-refractivity contribution is -0.142. The van der Waals surface area contributed by atoms with E-state index in [1.807, 2.05) is 26.8 Å². The third-order valence-electron chi connectivity index (χ3n) is 5.26. The van der Waals surface area contributed by atoms with Crippen LogP contribution in [0.4, 0.5) is 0 Å². The number of hydrogen-bond donors (Lipinski definition) is 2. The minimum atomic E-state index is -1.05. The number of furan rings is 1. The van der Waals surface area contributed by atoms with Gasteiger partial charge in [0, 0.05) is 28.8 Å². The molecule has 154 valence electrons. The Morgan fingerprint density at radius 1 is 1.17 bits per heavy atom. The standard InChI is InChI=1S/C22H25NO6/c1-4-5-6-17(21(25)26)23-20(24)8-7-14-13(3)16-9-15-12(2)11-28-18(15)10-19(16)29-22(14)27/h9-11,17H,4-8H2,1-3H3,(H,23,24)(H,25,26). The average Bonchev–Trinajstić information content (AvgIpc) is 3.03. The zero-order valence-corrected chi connectivity index (χ0v) is 16.8. The summed E-state index contributed by atoms with van der Waals surface area (Å²) < 4.78 is 10.9. The van der Waals surface area contributed by atoms with Crippen molar-refractivity contribution < 1.29 is 23.5 Å². The van der Waals surface area contributed by atoms with Gasteiger partial charge in [0.25, 0.3) is 0 Å². The van der Waals surface area contributed by atoms with Gasteiger partial charge in [0.1, 0.15) is 17.2 Å². The van der Waals surface area contributed by atoms with Crippen molar-refractivity contribution in [2.45, 2.75) is 58.9 Å². The molecule has 1 aromatic carbocycles. The molecule has 0 radical (unpaired) electrons. The summed E-state index contributed by atoms with van der Waals surface area (Å²) in [5, 5.41) is 13.5. The van der Waals surface area contributed by atoms with Crippen LogP contribution in [0.15, 0.2) is 32.0 Å². The van der Waals surface area contributed by atoms with Crippen LogP contribution in [0.2, 0.25) is 0 Å². The number of carbonyl (C=O) groups excluding carboxylic acids is 1. The molecule has 3 rings (SSSR count). The first-order chi connectivity index (χ1) is 13.8. The number of carbonyl (C=O) groups is 2. The Kier molecular flexibility index (Phi) is 6.06. The second-order valence-electron chi connectivity index (χ2n) is 7.36. The second kappa shape index (κ2) is 8.51. The van der Waals surface area contributed by atoms with Gasteiger partial charge in [-0.1, -0.05) is 19.8 Å². The van der Waals surface area contributed by atoms with Crippen LogP contribution in [0.25, 0.3) is 21.9 Å². The number of carboxylic acid groups (broad SMARTS) is 1. The summed E-state index contributed by atoms with van der Waals surface area (Å²) in [6.07, 6.45) is 3.79. The molecule has 3 aromatic rings. The average molecular weight is 399 g/mol. The third-order valence-corrected chi connectivity index (χ3v) is 5.26. The highest BCUT2D eigenvalue weighted by Crippen LogP contribution is 2.29. The molecular formula is C22H25NO6. The van der Waals surface area contributed by atoms with Crippen LogP contribution in [-0.2, 0) is 16.0 Å². The van der Waals surface area contributed by atoms with E-state index in [2.05, 4.69) is 5.32 Å². The van der Waals surface area contributed by atoms with Crippen LogP contribution in [0.1, 0.15) is 49.3 Å². The zero-order chi connectivity index (χ0) is 21.1. The van der Waals surface area contributed by atoms with Crippen molar-refractivity contribution >= 4 is 33.8 Å². The van der Waals surface area contributed by atoms with Gasteiger partial charge in [0.2, 0.25) is 5.91 Å². The maximum absolute atomic E-state index is 12.5. The Labute approximate surface area is 167 Å². The fourth-order valence-corrected chi connectivity index (χ4v) is 3.50. The highest BCUT2D eigenvalue weighted by molar-refractivity contribution is 5.96. The van der Waals surface area contributed by atoms with Crippen molar-refractivity contribution in [3.63, 3.8) is 0 Å². The van der Waals surface area contributed by atoms with Crippen LogP contribution in [0, 0.1) is 13.8 Å². The number of nitrogens with one attached hydrogen (secondary N) is 1. The lowest BCUT2D eigenvalue weighted by Gasteiger charge is -2.14. The highest BCUT2D eigenvalue weighted by atomic mass is 16.4. The van der Waals surface area contributed by atoms with E-state index in [1.54, 1.807) is 12.3 Å². The number of aliphatic carboxylic acids is 1. The minimum absolute atomic E-state index is 0.0139. The summed E-state index contributed by atoms with van der Waals surface area (Å²) in [4.78, 5) is 36.0. The predicted molar refractivity (Wildman–Crippen MR) is 109 cm³/mol. The van der Waals surface area contributed by atoms with Crippen molar-refractivity contribution in [3.05, 3.63) is 45.5 Å².